The van der Waals surface area contributed by atoms with Gasteiger partial charge in [0.1, 0.15) is 6.26 Å². The Bertz CT molecular complexity index is 442. The van der Waals surface area contributed by atoms with Gasteiger partial charge in [-0.05, 0) is 29.8 Å². The number of hydrogen-bond acceptors (Lipinski definition) is 4. The van der Waals surface area contributed by atoms with Crippen LogP contribution in [0.5, 0.6) is 0 Å². The van der Waals surface area contributed by atoms with Crippen molar-refractivity contribution >= 4 is 11.8 Å². The standard InChI is InChI=1S/C12H14N2OS/c1-2-10(13)9-5-3-4-6-11(9)16-12-14-7-8-15-12/h3-8,10H,2,13H2,1H3/t10-/m0/s1. The van der Waals surface area contributed by atoms with E-state index in [1.807, 2.05) is 18.2 Å². The molecule has 0 aliphatic heterocycles. The molecule has 0 unspecified atom stereocenters. The zero-order valence-corrected chi connectivity index (χ0v) is 9.91. The first-order valence-corrected chi connectivity index (χ1v) is 6.04. The minimum atomic E-state index is 0.0682. The molecule has 0 saturated heterocycles. The van der Waals surface area contributed by atoms with E-state index >= 15 is 0 Å². The molecule has 0 fully saturated rings. The van der Waals surface area contributed by atoms with Crippen molar-refractivity contribution in [3.05, 3.63) is 42.3 Å². The summed E-state index contributed by atoms with van der Waals surface area (Å²) in [6.45, 7) is 2.08. The summed E-state index contributed by atoms with van der Waals surface area (Å²) in [6.07, 6.45) is 4.14. The summed E-state index contributed by atoms with van der Waals surface area (Å²) in [7, 11) is 0. The largest absolute Gasteiger partial charge is 0.440 e. The number of nitrogens with zero attached hydrogens (tertiary/aromatic N) is 1. The Morgan fingerprint density at radius 1 is 1.44 bits per heavy atom. The van der Waals surface area contributed by atoms with Crippen molar-refractivity contribution in [2.45, 2.75) is 29.5 Å². The topological polar surface area (TPSA) is 52.0 Å². The van der Waals surface area contributed by atoms with Gasteiger partial charge in [0.15, 0.2) is 0 Å². The van der Waals surface area contributed by atoms with Crippen LogP contribution in [0, 0.1) is 0 Å². The number of aromatic nitrogens is 1. The maximum absolute atomic E-state index is 6.06. The van der Waals surface area contributed by atoms with Crippen LogP contribution in [-0.2, 0) is 0 Å². The zero-order valence-electron chi connectivity index (χ0n) is 9.09. The van der Waals surface area contributed by atoms with Gasteiger partial charge in [0.05, 0.1) is 6.20 Å². The maximum Gasteiger partial charge on any atom is 0.260 e. The lowest BCUT2D eigenvalue weighted by Crippen LogP contribution is -2.09. The molecule has 0 radical (unpaired) electrons. The van der Waals surface area contributed by atoms with Crippen LogP contribution in [0.3, 0.4) is 0 Å². The molecule has 84 valence electrons. The molecule has 1 aromatic heterocycles. The summed E-state index contributed by atoms with van der Waals surface area (Å²) in [5.41, 5.74) is 7.21. The van der Waals surface area contributed by atoms with Crippen molar-refractivity contribution in [1.82, 2.24) is 4.98 Å². The van der Waals surface area contributed by atoms with Crippen molar-refractivity contribution in [1.29, 1.82) is 0 Å². The Balaban J connectivity index is 2.26. The SMILES string of the molecule is CC[C@H](N)c1ccccc1Sc1ncco1. The quantitative estimate of drug-likeness (QED) is 0.882. The van der Waals surface area contributed by atoms with Gasteiger partial charge < -0.3 is 10.2 Å². The van der Waals surface area contributed by atoms with Crippen LogP contribution < -0.4 is 5.73 Å². The van der Waals surface area contributed by atoms with Crippen molar-refractivity contribution < 1.29 is 4.42 Å². The molecule has 0 aliphatic carbocycles. The second-order valence-corrected chi connectivity index (χ2v) is 4.45. The molecule has 0 amide bonds. The number of hydrogen-bond donors (Lipinski definition) is 1. The first-order chi connectivity index (χ1) is 7.81. The van der Waals surface area contributed by atoms with Crippen LogP contribution in [0.1, 0.15) is 24.9 Å². The molecule has 0 aliphatic rings. The van der Waals surface area contributed by atoms with E-state index in [0.717, 1.165) is 16.9 Å². The number of benzene rings is 1. The summed E-state index contributed by atoms with van der Waals surface area (Å²) in [5, 5.41) is 0.649. The minimum absolute atomic E-state index is 0.0682. The lowest BCUT2D eigenvalue weighted by molar-refractivity contribution is 0.454. The number of nitrogens with two attached hydrogens (primary N) is 1. The summed E-state index contributed by atoms with van der Waals surface area (Å²) >= 11 is 1.51. The highest BCUT2D eigenvalue weighted by Gasteiger charge is 2.11. The molecule has 0 bridgehead atoms. The van der Waals surface area contributed by atoms with Crippen molar-refractivity contribution in [3.63, 3.8) is 0 Å². The Morgan fingerprint density at radius 2 is 2.25 bits per heavy atom. The van der Waals surface area contributed by atoms with E-state index in [4.69, 9.17) is 10.2 Å². The third-order valence-corrected chi connectivity index (χ3v) is 3.33. The average molecular weight is 234 g/mol. The summed E-state index contributed by atoms with van der Waals surface area (Å²) < 4.78 is 5.22. The molecule has 1 aromatic carbocycles. The predicted molar refractivity (Wildman–Crippen MR) is 64.3 cm³/mol. The average Bonchev–Trinajstić information content (AvgIpc) is 2.82. The molecule has 0 saturated carbocycles. The van der Waals surface area contributed by atoms with Gasteiger partial charge >= 0.3 is 0 Å². The predicted octanol–water partition coefficient (Wildman–Crippen LogP) is 3.24. The second kappa shape index (κ2) is 5.18. The van der Waals surface area contributed by atoms with Crippen LogP contribution in [0.25, 0.3) is 0 Å². The lowest BCUT2D eigenvalue weighted by atomic mass is 10.1. The van der Waals surface area contributed by atoms with Gasteiger partial charge in [0.2, 0.25) is 0 Å². The van der Waals surface area contributed by atoms with Crippen LogP contribution >= 0.6 is 11.8 Å². The second-order valence-electron chi connectivity index (χ2n) is 3.45. The van der Waals surface area contributed by atoms with Crippen LogP contribution in [0.2, 0.25) is 0 Å². The zero-order chi connectivity index (χ0) is 11.4. The molecule has 16 heavy (non-hydrogen) atoms. The first-order valence-electron chi connectivity index (χ1n) is 5.23. The Hall–Kier alpha value is -1.26. The smallest absolute Gasteiger partial charge is 0.260 e. The highest BCUT2D eigenvalue weighted by molar-refractivity contribution is 7.99. The molecule has 4 heteroatoms. The Kier molecular flexibility index (Phi) is 3.64. The van der Waals surface area contributed by atoms with Crippen LogP contribution in [0.4, 0.5) is 0 Å². The molecular formula is C12H14N2OS. The first kappa shape index (κ1) is 11.2. The Morgan fingerprint density at radius 3 is 2.94 bits per heavy atom. The molecule has 2 aromatic rings. The van der Waals surface area contributed by atoms with Gasteiger partial charge in [0, 0.05) is 10.9 Å². The highest BCUT2D eigenvalue weighted by atomic mass is 32.2. The van der Waals surface area contributed by atoms with E-state index in [9.17, 15) is 0 Å². The van der Waals surface area contributed by atoms with Crippen molar-refractivity contribution in [2.75, 3.05) is 0 Å². The van der Waals surface area contributed by atoms with Gasteiger partial charge in [-0.1, -0.05) is 25.1 Å². The highest BCUT2D eigenvalue weighted by Crippen LogP contribution is 2.32. The molecular weight excluding hydrogens is 220 g/mol. The van der Waals surface area contributed by atoms with E-state index in [2.05, 4.69) is 18.0 Å². The van der Waals surface area contributed by atoms with Gasteiger partial charge in [-0.15, -0.1) is 0 Å². The fraction of sp³-hybridized carbons (Fsp3) is 0.250. The molecule has 3 nitrogen and oxygen atoms in total. The van der Waals surface area contributed by atoms with E-state index in [1.165, 1.54) is 11.8 Å². The van der Waals surface area contributed by atoms with Gasteiger partial charge in [0.25, 0.3) is 5.22 Å². The van der Waals surface area contributed by atoms with Gasteiger partial charge in [-0.2, -0.15) is 0 Å². The van der Waals surface area contributed by atoms with Crippen LogP contribution in [0.15, 0.2) is 51.3 Å². The molecule has 0 spiro atoms. The minimum Gasteiger partial charge on any atom is -0.440 e. The monoisotopic (exact) mass is 234 g/mol. The van der Waals surface area contributed by atoms with E-state index in [-0.39, 0.29) is 6.04 Å². The fourth-order valence-corrected chi connectivity index (χ4v) is 2.34. The Labute approximate surface area is 99.1 Å². The van der Waals surface area contributed by atoms with Gasteiger partial charge in [-0.3, -0.25) is 0 Å². The lowest BCUT2D eigenvalue weighted by Gasteiger charge is -2.12. The third-order valence-electron chi connectivity index (χ3n) is 2.37. The van der Waals surface area contributed by atoms with Crippen LogP contribution in [-0.4, -0.2) is 4.98 Å². The molecule has 2 rings (SSSR count). The summed E-state index contributed by atoms with van der Waals surface area (Å²) in [6, 6.07) is 8.17. The molecule has 1 heterocycles. The molecule has 2 N–H and O–H groups in total. The van der Waals surface area contributed by atoms with Crippen molar-refractivity contribution in [3.8, 4) is 0 Å². The third kappa shape index (κ3) is 2.46. The maximum atomic E-state index is 6.06. The van der Waals surface area contributed by atoms with Gasteiger partial charge in [-0.25, -0.2) is 4.98 Å². The fourth-order valence-electron chi connectivity index (χ4n) is 1.45. The molecule has 1 atom stereocenters. The summed E-state index contributed by atoms with van der Waals surface area (Å²) in [4.78, 5) is 5.20. The summed E-state index contributed by atoms with van der Waals surface area (Å²) in [5.74, 6) is 0. The van der Waals surface area contributed by atoms with E-state index in [0.29, 0.717) is 5.22 Å². The van der Waals surface area contributed by atoms with E-state index < -0.39 is 0 Å². The van der Waals surface area contributed by atoms with E-state index in [1.54, 1.807) is 12.5 Å². The number of rotatable bonds is 4. The number of oxazole rings is 1. The normalized spacial score (nSPS) is 12.6. The van der Waals surface area contributed by atoms with Crippen molar-refractivity contribution in [2.24, 2.45) is 5.73 Å².